The van der Waals surface area contributed by atoms with Crippen molar-refractivity contribution in [2.75, 3.05) is 14.2 Å². The Morgan fingerprint density at radius 1 is 1.37 bits per heavy atom. The van der Waals surface area contributed by atoms with Gasteiger partial charge in [0.2, 0.25) is 0 Å². The van der Waals surface area contributed by atoms with Crippen LogP contribution < -0.4 is 9.47 Å². The number of aryl methyl sites for hydroxylation is 1. The third-order valence-electron chi connectivity index (χ3n) is 3.95. The fourth-order valence-electron chi connectivity index (χ4n) is 2.97. The van der Waals surface area contributed by atoms with E-state index >= 15 is 0 Å². The van der Waals surface area contributed by atoms with E-state index in [0.717, 1.165) is 24.3 Å². The minimum Gasteiger partial charge on any atom is -0.493 e. The van der Waals surface area contributed by atoms with E-state index in [0.29, 0.717) is 5.92 Å². The van der Waals surface area contributed by atoms with Crippen LogP contribution in [0.4, 0.5) is 0 Å². The molecule has 2 rings (SSSR count). The quantitative estimate of drug-likeness (QED) is 0.888. The smallest absolute Gasteiger partial charge is 0.303 e. The van der Waals surface area contributed by atoms with Gasteiger partial charge in [-0.25, -0.2) is 0 Å². The maximum atomic E-state index is 10.9. The molecule has 1 N–H and O–H groups in total. The van der Waals surface area contributed by atoms with E-state index in [1.54, 1.807) is 14.2 Å². The van der Waals surface area contributed by atoms with E-state index < -0.39 is 5.97 Å². The van der Waals surface area contributed by atoms with E-state index in [4.69, 9.17) is 14.6 Å². The van der Waals surface area contributed by atoms with Crippen molar-refractivity contribution in [3.05, 3.63) is 23.3 Å². The van der Waals surface area contributed by atoms with Crippen molar-refractivity contribution in [2.45, 2.75) is 32.1 Å². The Kier molecular flexibility index (Phi) is 3.98. The van der Waals surface area contributed by atoms with Gasteiger partial charge in [-0.2, -0.15) is 0 Å². The molecule has 0 heterocycles. The summed E-state index contributed by atoms with van der Waals surface area (Å²) in [6, 6.07) is 4.02. The Labute approximate surface area is 113 Å². The molecular formula is C15H20O4. The molecule has 0 aliphatic heterocycles. The third-order valence-corrected chi connectivity index (χ3v) is 3.95. The molecule has 0 saturated carbocycles. The second-order valence-electron chi connectivity index (χ2n) is 5.13. The summed E-state index contributed by atoms with van der Waals surface area (Å²) in [5.74, 6) is 1.16. The van der Waals surface area contributed by atoms with Crippen LogP contribution >= 0.6 is 0 Å². The fourth-order valence-corrected chi connectivity index (χ4v) is 2.97. The van der Waals surface area contributed by atoms with Gasteiger partial charge in [0, 0.05) is 6.42 Å². The second-order valence-corrected chi connectivity index (χ2v) is 5.13. The molecule has 0 fully saturated rings. The summed E-state index contributed by atoms with van der Waals surface area (Å²) in [5.41, 5.74) is 2.46. The monoisotopic (exact) mass is 264 g/mol. The lowest BCUT2D eigenvalue weighted by molar-refractivity contribution is -0.138. The highest BCUT2D eigenvalue weighted by atomic mass is 16.5. The average Bonchev–Trinajstić information content (AvgIpc) is 2.78. The van der Waals surface area contributed by atoms with E-state index in [1.165, 1.54) is 11.1 Å². The lowest BCUT2D eigenvalue weighted by atomic mass is 9.86. The molecule has 104 valence electrons. The predicted molar refractivity (Wildman–Crippen MR) is 72.0 cm³/mol. The van der Waals surface area contributed by atoms with Gasteiger partial charge < -0.3 is 14.6 Å². The van der Waals surface area contributed by atoms with Crippen molar-refractivity contribution in [1.82, 2.24) is 0 Å². The number of aliphatic carboxylic acids is 1. The standard InChI is InChI=1S/C15H20O4/c1-9(6-15(16)17)11-5-4-10-7-13(18-2)14(19-3)8-12(10)11/h7-9,11H,4-6H2,1-3H3,(H,16,17). The highest BCUT2D eigenvalue weighted by molar-refractivity contribution is 5.67. The average molecular weight is 264 g/mol. The first-order valence-corrected chi connectivity index (χ1v) is 6.53. The van der Waals surface area contributed by atoms with Gasteiger partial charge in [0.25, 0.3) is 0 Å². The molecule has 1 aliphatic rings. The van der Waals surface area contributed by atoms with Crippen molar-refractivity contribution in [3.63, 3.8) is 0 Å². The largest absolute Gasteiger partial charge is 0.493 e. The molecule has 0 bridgehead atoms. The van der Waals surface area contributed by atoms with Crippen LogP contribution in [0.5, 0.6) is 11.5 Å². The number of benzene rings is 1. The Morgan fingerprint density at radius 2 is 2.00 bits per heavy atom. The van der Waals surface area contributed by atoms with Crippen molar-refractivity contribution >= 4 is 5.97 Å². The molecule has 0 amide bonds. The first-order valence-electron chi connectivity index (χ1n) is 6.53. The summed E-state index contributed by atoms with van der Waals surface area (Å²) >= 11 is 0. The number of ether oxygens (including phenoxy) is 2. The summed E-state index contributed by atoms with van der Waals surface area (Å²) in [7, 11) is 3.25. The molecule has 4 heteroatoms. The van der Waals surface area contributed by atoms with Gasteiger partial charge in [-0.15, -0.1) is 0 Å². The van der Waals surface area contributed by atoms with E-state index in [1.807, 2.05) is 19.1 Å². The number of carboxylic acid groups (broad SMARTS) is 1. The maximum absolute atomic E-state index is 10.9. The van der Waals surface area contributed by atoms with Gasteiger partial charge in [0.15, 0.2) is 11.5 Å². The molecule has 1 aromatic rings. The van der Waals surface area contributed by atoms with Gasteiger partial charge in [-0.1, -0.05) is 6.92 Å². The van der Waals surface area contributed by atoms with Gasteiger partial charge >= 0.3 is 5.97 Å². The summed E-state index contributed by atoms with van der Waals surface area (Å²) < 4.78 is 10.6. The lowest BCUT2D eigenvalue weighted by Crippen LogP contribution is -2.12. The first kappa shape index (κ1) is 13.7. The second kappa shape index (κ2) is 5.51. The Balaban J connectivity index is 2.31. The Morgan fingerprint density at radius 3 is 2.58 bits per heavy atom. The van der Waals surface area contributed by atoms with Crippen molar-refractivity contribution in [3.8, 4) is 11.5 Å². The van der Waals surface area contributed by atoms with Gasteiger partial charge in [-0.3, -0.25) is 4.79 Å². The SMILES string of the molecule is COc1cc2c(cc1OC)C(C(C)CC(=O)O)CC2. The summed E-state index contributed by atoms with van der Waals surface area (Å²) in [5, 5.41) is 8.93. The summed E-state index contributed by atoms with van der Waals surface area (Å²) in [6.07, 6.45) is 2.18. The molecule has 2 atom stereocenters. The zero-order chi connectivity index (χ0) is 14.0. The minimum absolute atomic E-state index is 0.136. The number of methoxy groups -OCH3 is 2. The van der Waals surface area contributed by atoms with Crippen molar-refractivity contribution < 1.29 is 19.4 Å². The molecular weight excluding hydrogens is 244 g/mol. The van der Waals surface area contributed by atoms with E-state index in [2.05, 4.69) is 0 Å². The molecule has 2 unspecified atom stereocenters. The fraction of sp³-hybridized carbons (Fsp3) is 0.533. The molecule has 1 aromatic carbocycles. The Bertz CT molecular complexity index is 481. The normalized spacial score (nSPS) is 18.8. The van der Waals surface area contributed by atoms with Crippen LogP contribution in [0, 0.1) is 5.92 Å². The van der Waals surface area contributed by atoms with Crippen LogP contribution in [0.25, 0.3) is 0 Å². The van der Waals surface area contributed by atoms with E-state index in [-0.39, 0.29) is 12.3 Å². The van der Waals surface area contributed by atoms with Crippen LogP contribution in [0.1, 0.15) is 36.8 Å². The topological polar surface area (TPSA) is 55.8 Å². The van der Waals surface area contributed by atoms with Crippen LogP contribution in [-0.4, -0.2) is 25.3 Å². The highest BCUT2D eigenvalue weighted by Crippen LogP contribution is 2.44. The zero-order valence-corrected chi connectivity index (χ0v) is 11.6. The third kappa shape index (κ3) is 2.67. The van der Waals surface area contributed by atoms with Gasteiger partial charge in [-0.05, 0) is 47.9 Å². The number of fused-ring (bicyclic) bond motifs is 1. The van der Waals surface area contributed by atoms with Crippen LogP contribution in [-0.2, 0) is 11.2 Å². The number of hydrogen-bond acceptors (Lipinski definition) is 3. The lowest BCUT2D eigenvalue weighted by Gasteiger charge is -2.19. The number of rotatable bonds is 5. The maximum Gasteiger partial charge on any atom is 0.303 e. The highest BCUT2D eigenvalue weighted by Gasteiger charge is 2.30. The van der Waals surface area contributed by atoms with Crippen molar-refractivity contribution in [1.29, 1.82) is 0 Å². The van der Waals surface area contributed by atoms with Gasteiger partial charge in [0.05, 0.1) is 14.2 Å². The predicted octanol–water partition coefficient (Wildman–Crippen LogP) is 2.84. The molecule has 0 saturated heterocycles. The van der Waals surface area contributed by atoms with Crippen LogP contribution in [0.2, 0.25) is 0 Å². The van der Waals surface area contributed by atoms with Crippen LogP contribution in [0.3, 0.4) is 0 Å². The van der Waals surface area contributed by atoms with Crippen LogP contribution in [0.15, 0.2) is 12.1 Å². The molecule has 4 nitrogen and oxygen atoms in total. The molecule has 0 spiro atoms. The van der Waals surface area contributed by atoms with E-state index in [9.17, 15) is 4.79 Å². The summed E-state index contributed by atoms with van der Waals surface area (Å²) in [4.78, 5) is 10.9. The first-order chi connectivity index (χ1) is 9.06. The Hall–Kier alpha value is -1.71. The molecule has 1 aliphatic carbocycles. The number of hydrogen-bond donors (Lipinski definition) is 1. The molecule has 0 aromatic heterocycles. The van der Waals surface area contributed by atoms with Crippen molar-refractivity contribution in [2.24, 2.45) is 5.92 Å². The minimum atomic E-state index is -0.735. The number of carboxylic acids is 1. The molecule has 0 radical (unpaired) electrons. The van der Waals surface area contributed by atoms with Gasteiger partial charge in [0.1, 0.15) is 0 Å². The summed E-state index contributed by atoms with van der Waals surface area (Å²) in [6.45, 7) is 2.00. The number of carbonyl (C=O) groups is 1. The zero-order valence-electron chi connectivity index (χ0n) is 11.6. The molecule has 19 heavy (non-hydrogen) atoms.